The first-order valence-electron chi connectivity index (χ1n) is 5.11. The highest BCUT2D eigenvalue weighted by atomic mass is 79.9. The highest BCUT2D eigenvalue weighted by molar-refractivity contribution is 9.10. The average molecular weight is 310 g/mol. The maximum absolute atomic E-state index is 12.4. The second kappa shape index (κ2) is 6.88. The molecule has 1 aromatic carbocycles. The zero-order valence-electron chi connectivity index (χ0n) is 9.11. The van der Waals surface area contributed by atoms with E-state index >= 15 is 0 Å². The van der Waals surface area contributed by atoms with E-state index in [1.165, 1.54) is 4.90 Å². The summed E-state index contributed by atoms with van der Waals surface area (Å²) in [5.41, 5.74) is 1.07. The Kier molecular flexibility index (Phi) is 5.80. The summed E-state index contributed by atoms with van der Waals surface area (Å²) >= 11 is 3.25. The van der Waals surface area contributed by atoms with Crippen LogP contribution in [-0.4, -0.2) is 36.3 Å². The van der Waals surface area contributed by atoms with Crippen molar-refractivity contribution in [2.75, 3.05) is 24.6 Å². The van der Waals surface area contributed by atoms with E-state index in [2.05, 4.69) is 15.9 Å². The molecule has 6 heteroatoms. The lowest BCUT2D eigenvalue weighted by Gasteiger charge is -2.25. The van der Waals surface area contributed by atoms with Gasteiger partial charge in [-0.25, -0.2) is 8.78 Å². The topological polar surface area (TPSA) is 43.7 Å². The molecule has 1 rings (SSSR count). The van der Waals surface area contributed by atoms with E-state index in [0.717, 1.165) is 4.47 Å². The van der Waals surface area contributed by atoms with Crippen molar-refractivity contribution in [3.63, 3.8) is 0 Å². The monoisotopic (exact) mass is 309 g/mol. The third-order valence-electron chi connectivity index (χ3n) is 2.28. The van der Waals surface area contributed by atoms with Crippen molar-refractivity contribution in [3.05, 3.63) is 28.2 Å². The van der Waals surface area contributed by atoms with Crippen molar-refractivity contribution >= 4 is 21.6 Å². The maximum atomic E-state index is 12.4. The summed E-state index contributed by atoms with van der Waals surface area (Å²) in [6.45, 7) is -0.804. The first-order valence-corrected chi connectivity index (χ1v) is 5.91. The van der Waals surface area contributed by atoms with Crippen molar-refractivity contribution in [3.8, 4) is 0 Å². The SMILES string of the molecule is OCCN(CC(F)F)c1ccc(Br)cc1CO. The molecule has 0 atom stereocenters. The first-order chi connectivity index (χ1) is 8.08. The highest BCUT2D eigenvalue weighted by Gasteiger charge is 2.15. The van der Waals surface area contributed by atoms with Crippen LogP contribution in [0.4, 0.5) is 14.5 Å². The summed E-state index contributed by atoms with van der Waals surface area (Å²) in [7, 11) is 0. The molecule has 0 bridgehead atoms. The molecular weight excluding hydrogens is 296 g/mol. The number of aliphatic hydroxyl groups is 2. The number of hydrogen-bond acceptors (Lipinski definition) is 3. The van der Waals surface area contributed by atoms with Gasteiger partial charge in [0.2, 0.25) is 0 Å². The van der Waals surface area contributed by atoms with Crippen molar-refractivity contribution in [1.29, 1.82) is 0 Å². The molecule has 0 unspecified atom stereocenters. The van der Waals surface area contributed by atoms with Crippen LogP contribution in [0.25, 0.3) is 0 Å². The van der Waals surface area contributed by atoms with Crippen LogP contribution in [0.1, 0.15) is 5.56 Å². The summed E-state index contributed by atoms with van der Waals surface area (Å²) < 4.78 is 25.6. The van der Waals surface area contributed by atoms with Gasteiger partial charge < -0.3 is 15.1 Å². The van der Waals surface area contributed by atoms with Gasteiger partial charge in [0.1, 0.15) is 0 Å². The van der Waals surface area contributed by atoms with Crippen LogP contribution in [0, 0.1) is 0 Å². The minimum atomic E-state index is -2.49. The molecule has 1 aromatic rings. The van der Waals surface area contributed by atoms with E-state index in [9.17, 15) is 13.9 Å². The van der Waals surface area contributed by atoms with Crippen LogP contribution in [0.15, 0.2) is 22.7 Å². The molecular formula is C11H14BrF2NO2. The standard InChI is InChI=1S/C11H14BrF2NO2/c12-9-1-2-10(8(5-9)7-17)15(3-4-16)6-11(13)14/h1-2,5,11,16-17H,3-4,6-7H2. The van der Waals surface area contributed by atoms with Crippen molar-refractivity contribution in [2.24, 2.45) is 0 Å². The normalized spacial score (nSPS) is 10.9. The van der Waals surface area contributed by atoms with E-state index < -0.39 is 13.0 Å². The molecule has 96 valence electrons. The lowest BCUT2D eigenvalue weighted by Crippen LogP contribution is -2.32. The molecule has 0 heterocycles. The summed E-state index contributed by atoms with van der Waals surface area (Å²) in [4.78, 5) is 1.36. The van der Waals surface area contributed by atoms with Gasteiger partial charge >= 0.3 is 0 Å². The van der Waals surface area contributed by atoms with E-state index in [1.54, 1.807) is 18.2 Å². The van der Waals surface area contributed by atoms with Crippen molar-refractivity contribution in [1.82, 2.24) is 0 Å². The van der Waals surface area contributed by atoms with Crippen molar-refractivity contribution in [2.45, 2.75) is 13.0 Å². The van der Waals surface area contributed by atoms with Crippen molar-refractivity contribution < 1.29 is 19.0 Å². The minimum absolute atomic E-state index is 0.110. The smallest absolute Gasteiger partial charge is 0.255 e. The van der Waals surface area contributed by atoms with Crippen LogP contribution in [-0.2, 0) is 6.61 Å². The summed E-state index contributed by atoms with van der Waals surface area (Å²) in [5.74, 6) is 0. The lowest BCUT2D eigenvalue weighted by atomic mass is 10.1. The van der Waals surface area contributed by atoms with Gasteiger partial charge in [0.05, 0.1) is 19.8 Å². The molecule has 0 saturated carbocycles. The van der Waals surface area contributed by atoms with E-state index in [0.29, 0.717) is 11.3 Å². The molecule has 3 nitrogen and oxygen atoms in total. The Hall–Kier alpha value is -0.720. The van der Waals surface area contributed by atoms with Gasteiger partial charge in [-0.1, -0.05) is 15.9 Å². The fraction of sp³-hybridized carbons (Fsp3) is 0.455. The van der Waals surface area contributed by atoms with Gasteiger partial charge in [-0.05, 0) is 18.2 Å². The number of anilines is 1. The van der Waals surface area contributed by atoms with Gasteiger partial charge in [-0.3, -0.25) is 0 Å². The largest absolute Gasteiger partial charge is 0.395 e. The first kappa shape index (κ1) is 14.3. The van der Waals surface area contributed by atoms with Gasteiger partial charge in [-0.15, -0.1) is 0 Å². The number of benzene rings is 1. The van der Waals surface area contributed by atoms with Crippen LogP contribution in [0.3, 0.4) is 0 Å². The average Bonchev–Trinajstić information content (AvgIpc) is 2.27. The molecule has 2 N–H and O–H groups in total. The molecule has 0 aromatic heterocycles. The lowest BCUT2D eigenvalue weighted by molar-refractivity contribution is 0.152. The quantitative estimate of drug-likeness (QED) is 0.845. The number of alkyl halides is 2. The maximum Gasteiger partial charge on any atom is 0.255 e. The second-order valence-electron chi connectivity index (χ2n) is 3.49. The van der Waals surface area contributed by atoms with E-state index in [4.69, 9.17) is 5.11 Å². The zero-order valence-corrected chi connectivity index (χ0v) is 10.7. The Morgan fingerprint density at radius 1 is 1.29 bits per heavy atom. The fourth-order valence-electron chi connectivity index (χ4n) is 1.59. The molecule has 0 spiro atoms. The van der Waals surface area contributed by atoms with Crippen LogP contribution in [0.5, 0.6) is 0 Å². The summed E-state index contributed by atoms with van der Waals surface area (Å²) in [6, 6.07) is 5.03. The number of halogens is 3. The number of nitrogens with zero attached hydrogens (tertiary/aromatic N) is 1. The van der Waals surface area contributed by atoms with Gasteiger partial charge in [0.25, 0.3) is 6.43 Å². The van der Waals surface area contributed by atoms with Gasteiger partial charge in [0.15, 0.2) is 0 Å². The molecule has 0 saturated heterocycles. The molecule has 0 aliphatic heterocycles. The number of hydrogen-bond donors (Lipinski definition) is 2. The van der Waals surface area contributed by atoms with E-state index in [1.807, 2.05) is 0 Å². The zero-order chi connectivity index (χ0) is 12.8. The molecule has 0 radical (unpaired) electrons. The van der Waals surface area contributed by atoms with Crippen LogP contribution in [0.2, 0.25) is 0 Å². The van der Waals surface area contributed by atoms with Crippen LogP contribution < -0.4 is 4.90 Å². The molecule has 0 aliphatic carbocycles. The predicted molar refractivity (Wildman–Crippen MR) is 65.4 cm³/mol. The Morgan fingerprint density at radius 2 is 2.00 bits per heavy atom. The minimum Gasteiger partial charge on any atom is -0.395 e. The predicted octanol–water partition coefficient (Wildman–Crippen LogP) is 2.01. The molecule has 17 heavy (non-hydrogen) atoms. The van der Waals surface area contributed by atoms with Gasteiger partial charge in [0, 0.05) is 22.3 Å². The van der Waals surface area contributed by atoms with E-state index in [-0.39, 0.29) is 19.8 Å². The molecule has 0 amide bonds. The molecule has 0 aliphatic rings. The highest BCUT2D eigenvalue weighted by Crippen LogP contribution is 2.25. The molecule has 0 fully saturated rings. The third-order valence-corrected chi connectivity index (χ3v) is 2.77. The van der Waals surface area contributed by atoms with Gasteiger partial charge in [-0.2, -0.15) is 0 Å². The Morgan fingerprint density at radius 3 is 2.53 bits per heavy atom. The number of rotatable bonds is 6. The third kappa shape index (κ3) is 4.22. The Balaban J connectivity index is 2.99. The summed E-state index contributed by atoms with van der Waals surface area (Å²) in [5, 5.41) is 18.1. The number of aliphatic hydroxyl groups excluding tert-OH is 2. The Bertz CT molecular complexity index is 363. The second-order valence-corrected chi connectivity index (χ2v) is 4.41. The van der Waals surface area contributed by atoms with Crippen LogP contribution >= 0.6 is 15.9 Å². The summed E-state index contributed by atoms with van der Waals surface area (Å²) in [6.07, 6.45) is -2.49. The fourth-order valence-corrected chi connectivity index (χ4v) is 2.00. The Labute approximate surface area is 107 Å².